The highest BCUT2D eigenvalue weighted by Gasteiger charge is 2.10. The molecule has 0 N–H and O–H groups in total. The van der Waals surface area contributed by atoms with Gasteiger partial charge in [0.15, 0.2) is 0 Å². The minimum Gasteiger partial charge on any atom is -0.496 e. The summed E-state index contributed by atoms with van der Waals surface area (Å²) in [6.45, 7) is 0.497. The van der Waals surface area contributed by atoms with E-state index in [9.17, 15) is 4.79 Å². The number of fused-ring (bicyclic) bond motifs is 1. The zero-order chi connectivity index (χ0) is 13.9. The third-order valence-corrected chi connectivity index (χ3v) is 3.23. The van der Waals surface area contributed by atoms with E-state index in [0.717, 1.165) is 10.9 Å². The molecule has 0 saturated heterocycles. The van der Waals surface area contributed by atoms with Gasteiger partial charge in [-0.05, 0) is 17.7 Å². The number of hydrogen-bond donors (Lipinski definition) is 0. The van der Waals surface area contributed by atoms with Crippen molar-refractivity contribution in [3.8, 4) is 5.75 Å². The van der Waals surface area contributed by atoms with E-state index in [-0.39, 0.29) is 5.56 Å². The average Bonchev–Trinajstić information content (AvgIpc) is 2.51. The van der Waals surface area contributed by atoms with Crippen LogP contribution in [0.5, 0.6) is 5.75 Å². The molecule has 3 aromatic rings. The second-order valence-electron chi connectivity index (χ2n) is 4.50. The summed E-state index contributed by atoms with van der Waals surface area (Å²) in [6, 6.07) is 15.1. The monoisotopic (exact) mass is 266 g/mol. The predicted molar refractivity (Wildman–Crippen MR) is 78.1 cm³/mol. The van der Waals surface area contributed by atoms with Gasteiger partial charge in [0.05, 0.1) is 19.0 Å². The van der Waals surface area contributed by atoms with Crippen LogP contribution in [0.3, 0.4) is 0 Å². The molecular weight excluding hydrogens is 252 g/mol. The van der Waals surface area contributed by atoms with Gasteiger partial charge >= 0.3 is 0 Å². The molecule has 0 radical (unpaired) electrons. The first-order valence-electron chi connectivity index (χ1n) is 6.36. The quantitative estimate of drug-likeness (QED) is 0.731. The first kappa shape index (κ1) is 12.4. The number of benzene rings is 1. The van der Waals surface area contributed by atoms with Gasteiger partial charge in [0, 0.05) is 12.3 Å². The molecule has 0 saturated carbocycles. The van der Waals surface area contributed by atoms with Gasteiger partial charge in [0.25, 0.3) is 5.56 Å². The lowest BCUT2D eigenvalue weighted by molar-refractivity contribution is 0.418. The number of ether oxygens (including phenoxy) is 1. The smallest absolute Gasteiger partial charge is 0.256 e. The number of aromatic nitrogens is 2. The molecule has 1 aromatic carbocycles. The Morgan fingerprint density at radius 2 is 1.95 bits per heavy atom. The molecular formula is C16H14N2O2. The maximum atomic E-state index is 12.3. The minimum absolute atomic E-state index is 0.114. The Balaban J connectivity index is 2.20. The van der Waals surface area contributed by atoms with Crippen molar-refractivity contribution < 1.29 is 4.74 Å². The van der Waals surface area contributed by atoms with Crippen LogP contribution in [0.15, 0.2) is 59.5 Å². The molecule has 100 valence electrons. The molecule has 4 heteroatoms. The van der Waals surface area contributed by atoms with E-state index in [0.29, 0.717) is 17.9 Å². The summed E-state index contributed by atoms with van der Waals surface area (Å²) in [5.41, 5.74) is 1.59. The molecule has 3 rings (SSSR count). The lowest BCUT2D eigenvalue weighted by Gasteiger charge is -2.11. The van der Waals surface area contributed by atoms with Crippen molar-refractivity contribution in [2.75, 3.05) is 7.11 Å². The van der Waals surface area contributed by atoms with Gasteiger partial charge in [-0.15, -0.1) is 0 Å². The second kappa shape index (κ2) is 5.17. The van der Waals surface area contributed by atoms with Crippen molar-refractivity contribution in [1.82, 2.24) is 9.55 Å². The van der Waals surface area contributed by atoms with Gasteiger partial charge in [-0.2, -0.15) is 0 Å². The predicted octanol–water partition coefficient (Wildman–Crippen LogP) is 2.45. The summed E-state index contributed by atoms with van der Waals surface area (Å²) in [7, 11) is 1.56. The molecule has 0 fully saturated rings. The van der Waals surface area contributed by atoms with Crippen LogP contribution in [-0.4, -0.2) is 16.7 Å². The van der Waals surface area contributed by atoms with Crippen molar-refractivity contribution in [1.29, 1.82) is 0 Å². The SMILES string of the molecule is COc1cc(=O)n(Cc2ccccc2)c2ncccc12. The average molecular weight is 266 g/mol. The Morgan fingerprint density at radius 3 is 2.70 bits per heavy atom. The van der Waals surface area contributed by atoms with Crippen LogP contribution >= 0.6 is 0 Å². The molecule has 0 aliphatic rings. The van der Waals surface area contributed by atoms with Crippen molar-refractivity contribution in [2.45, 2.75) is 6.54 Å². The van der Waals surface area contributed by atoms with E-state index in [2.05, 4.69) is 4.98 Å². The molecule has 0 unspecified atom stereocenters. The highest BCUT2D eigenvalue weighted by Crippen LogP contribution is 2.21. The molecule has 0 bridgehead atoms. The number of pyridine rings is 2. The van der Waals surface area contributed by atoms with E-state index in [1.54, 1.807) is 17.9 Å². The Morgan fingerprint density at radius 1 is 1.15 bits per heavy atom. The first-order valence-corrected chi connectivity index (χ1v) is 6.36. The Labute approximate surface area is 116 Å². The maximum Gasteiger partial charge on any atom is 0.256 e. The molecule has 4 nitrogen and oxygen atoms in total. The van der Waals surface area contributed by atoms with E-state index < -0.39 is 0 Å². The van der Waals surface area contributed by atoms with Crippen LogP contribution in [0.2, 0.25) is 0 Å². The van der Waals surface area contributed by atoms with Crippen molar-refractivity contribution >= 4 is 11.0 Å². The highest BCUT2D eigenvalue weighted by atomic mass is 16.5. The van der Waals surface area contributed by atoms with Crippen molar-refractivity contribution in [2.24, 2.45) is 0 Å². The molecule has 0 aliphatic heterocycles. The summed E-state index contributed by atoms with van der Waals surface area (Å²) in [4.78, 5) is 16.6. The topological polar surface area (TPSA) is 44.1 Å². The fourth-order valence-corrected chi connectivity index (χ4v) is 2.26. The van der Waals surface area contributed by atoms with Gasteiger partial charge in [-0.3, -0.25) is 9.36 Å². The van der Waals surface area contributed by atoms with Crippen LogP contribution in [0, 0.1) is 0 Å². The summed E-state index contributed by atoms with van der Waals surface area (Å²) in [5.74, 6) is 0.558. The molecule has 20 heavy (non-hydrogen) atoms. The third-order valence-electron chi connectivity index (χ3n) is 3.23. The fourth-order valence-electron chi connectivity index (χ4n) is 2.26. The number of methoxy groups -OCH3 is 1. The molecule has 2 aromatic heterocycles. The minimum atomic E-state index is -0.114. The van der Waals surface area contributed by atoms with Crippen LogP contribution in [0.4, 0.5) is 0 Å². The normalized spacial score (nSPS) is 10.7. The summed E-state index contributed by atoms with van der Waals surface area (Å²) in [5, 5.41) is 0.838. The number of rotatable bonds is 3. The van der Waals surface area contributed by atoms with E-state index in [1.165, 1.54) is 6.07 Å². The van der Waals surface area contributed by atoms with Gasteiger partial charge in [0.1, 0.15) is 11.4 Å². The zero-order valence-electron chi connectivity index (χ0n) is 11.1. The number of hydrogen-bond acceptors (Lipinski definition) is 3. The highest BCUT2D eigenvalue weighted by molar-refractivity contribution is 5.82. The molecule has 0 aliphatic carbocycles. The third kappa shape index (κ3) is 2.16. The molecule has 0 amide bonds. The van der Waals surface area contributed by atoms with E-state index >= 15 is 0 Å². The van der Waals surface area contributed by atoms with Gasteiger partial charge in [-0.1, -0.05) is 30.3 Å². The Hall–Kier alpha value is -2.62. The van der Waals surface area contributed by atoms with Crippen LogP contribution in [-0.2, 0) is 6.54 Å². The number of nitrogens with zero attached hydrogens (tertiary/aromatic N) is 2. The van der Waals surface area contributed by atoms with E-state index in [4.69, 9.17) is 4.74 Å². The van der Waals surface area contributed by atoms with E-state index in [1.807, 2.05) is 42.5 Å². The standard InChI is InChI=1S/C16H14N2O2/c1-20-14-10-15(19)18(11-12-6-3-2-4-7-12)16-13(14)8-5-9-17-16/h2-10H,11H2,1H3. The lowest BCUT2D eigenvalue weighted by atomic mass is 10.2. The van der Waals surface area contributed by atoms with Crippen LogP contribution < -0.4 is 10.3 Å². The lowest BCUT2D eigenvalue weighted by Crippen LogP contribution is -2.21. The molecule has 2 heterocycles. The van der Waals surface area contributed by atoms with Gasteiger partial charge in [-0.25, -0.2) is 4.98 Å². The van der Waals surface area contributed by atoms with Crippen molar-refractivity contribution in [3.63, 3.8) is 0 Å². The fraction of sp³-hybridized carbons (Fsp3) is 0.125. The van der Waals surface area contributed by atoms with Gasteiger partial charge < -0.3 is 4.74 Å². The molecule has 0 atom stereocenters. The largest absolute Gasteiger partial charge is 0.496 e. The first-order chi connectivity index (χ1) is 9.79. The second-order valence-corrected chi connectivity index (χ2v) is 4.50. The van der Waals surface area contributed by atoms with Crippen LogP contribution in [0.25, 0.3) is 11.0 Å². The zero-order valence-corrected chi connectivity index (χ0v) is 11.1. The summed E-state index contributed by atoms with van der Waals surface area (Å²) < 4.78 is 6.92. The van der Waals surface area contributed by atoms with Crippen molar-refractivity contribution in [3.05, 3.63) is 70.6 Å². The van der Waals surface area contributed by atoms with Gasteiger partial charge in [0.2, 0.25) is 0 Å². The Bertz CT molecular complexity index is 794. The molecule has 0 spiro atoms. The Kier molecular flexibility index (Phi) is 3.21. The summed E-state index contributed by atoms with van der Waals surface area (Å²) >= 11 is 0. The van der Waals surface area contributed by atoms with Crippen LogP contribution in [0.1, 0.15) is 5.56 Å². The summed E-state index contributed by atoms with van der Waals surface area (Å²) in [6.07, 6.45) is 1.68. The maximum absolute atomic E-state index is 12.3.